The van der Waals surface area contributed by atoms with E-state index in [-0.39, 0.29) is 18.0 Å². The first-order valence-corrected chi connectivity index (χ1v) is 12.1. The predicted molar refractivity (Wildman–Crippen MR) is 135 cm³/mol. The van der Waals surface area contributed by atoms with Gasteiger partial charge in [0.25, 0.3) is 0 Å². The Kier molecular flexibility index (Phi) is 7.14. The Bertz CT molecular complexity index is 1150. The van der Waals surface area contributed by atoms with Crippen molar-refractivity contribution in [1.29, 1.82) is 0 Å². The summed E-state index contributed by atoms with van der Waals surface area (Å²) < 4.78 is 1.80. The Hall–Kier alpha value is -3.43. The van der Waals surface area contributed by atoms with Gasteiger partial charge in [0, 0.05) is 43.1 Å². The molecule has 1 aromatic carbocycles. The molecule has 178 valence electrons. The molecule has 1 amide bonds. The van der Waals surface area contributed by atoms with Gasteiger partial charge in [-0.25, -0.2) is 9.67 Å². The number of benzene rings is 1. The van der Waals surface area contributed by atoms with E-state index in [9.17, 15) is 9.90 Å². The van der Waals surface area contributed by atoms with Crippen molar-refractivity contribution in [3.05, 3.63) is 83.8 Å². The Morgan fingerprint density at radius 1 is 1.29 bits per heavy atom. The number of thiazole rings is 1. The fourth-order valence-electron chi connectivity index (χ4n) is 4.03. The highest BCUT2D eigenvalue weighted by Gasteiger charge is 2.34. The molecule has 0 aliphatic carbocycles. The number of aliphatic hydroxyl groups is 1. The van der Waals surface area contributed by atoms with Crippen LogP contribution in [0.15, 0.2) is 72.5 Å². The second-order valence-electron chi connectivity index (χ2n) is 8.36. The van der Waals surface area contributed by atoms with E-state index < -0.39 is 12.0 Å². The minimum atomic E-state index is -1.03. The van der Waals surface area contributed by atoms with Crippen LogP contribution in [0.2, 0.25) is 0 Å². The number of hydrogen-bond acceptors (Lipinski definition) is 7. The average molecular weight is 479 g/mol. The molecular formula is C25H30N6O2S. The van der Waals surface area contributed by atoms with Crippen LogP contribution in [0.1, 0.15) is 37.2 Å². The molecule has 0 saturated heterocycles. The quantitative estimate of drug-likeness (QED) is 0.406. The van der Waals surface area contributed by atoms with E-state index in [1.54, 1.807) is 22.7 Å². The number of nitrogens with one attached hydrogen (secondary N) is 2. The van der Waals surface area contributed by atoms with Gasteiger partial charge in [0.2, 0.25) is 5.91 Å². The topological polar surface area (TPSA) is 95.3 Å². The van der Waals surface area contributed by atoms with Gasteiger partial charge in [-0.3, -0.25) is 4.79 Å². The van der Waals surface area contributed by atoms with Crippen LogP contribution in [0.25, 0.3) is 5.69 Å². The number of aliphatic hydroxyl groups excluding tert-OH is 1. The Balaban J connectivity index is 1.37. The molecule has 3 aromatic rings. The monoisotopic (exact) mass is 478 g/mol. The Labute approximate surface area is 203 Å². The lowest BCUT2D eigenvalue weighted by Gasteiger charge is -2.30. The van der Waals surface area contributed by atoms with E-state index in [0.29, 0.717) is 12.2 Å². The van der Waals surface area contributed by atoms with Gasteiger partial charge in [0.05, 0.1) is 23.3 Å². The summed E-state index contributed by atoms with van der Waals surface area (Å²) in [4.78, 5) is 19.6. The summed E-state index contributed by atoms with van der Waals surface area (Å²) in [5, 5.41) is 24.2. The maximum Gasteiger partial charge on any atom is 0.229 e. The zero-order chi connectivity index (χ0) is 24.2. The summed E-state index contributed by atoms with van der Waals surface area (Å²) >= 11 is 1.50. The van der Waals surface area contributed by atoms with Gasteiger partial charge in [-0.05, 0) is 30.7 Å². The zero-order valence-electron chi connectivity index (χ0n) is 19.5. The molecule has 3 heterocycles. The number of anilines is 1. The van der Waals surface area contributed by atoms with Gasteiger partial charge in [-0.2, -0.15) is 5.10 Å². The third-order valence-electron chi connectivity index (χ3n) is 6.06. The summed E-state index contributed by atoms with van der Waals surface area (Å²) in [6, 6.07) is 9.56. The van der Waals surface area contributed by atoms with Gasteiger partial charge in [0.1, 0.15) is 6.10 Å². The minimum absolute atomic E-state index is 0.0905. The van der Waals surface area contributed by atoms with Gasteiger partial charge >= 0.3 is 0 Å². The molecule has 0 spiro atoms. The molecule has 8 nitrogen and oxygen atoms in total. The van der Waals surface area contributed by atoms with E-state index in [4.69, 9.17) is 0 Å². The van der Waals surface area contributed by atoms with E-state index in [1.807, 2.05) is 68.0 Å². The summed E-state index contributed by atoms with van der Waals surface area (Å²) in [6.45, 7) is 8.24. The summed E-state index contributed by atoms with van der Waals surface area (Å²) in [7, 11) is 1.82. The number of aromatic nitrogens is 3. The molecule has 0 radical (unpaired) electrons. The minimum Gasteiger partial charge on any atom is -0.386 e. The lowest BCUT2D eigenvalue weighted by atomic mass is 9.98. The zero-order valence-corrected chi connectivity index (χ0v) is 20.4. The molecule has 3 N–H and O–H groups in total. The SMILES string of the molecule is C=C(N[C@H](C)c1ccc(-n2cccn2)cc1)[C@H](O)[C@@H](C)C(=O)N1CC=C[C@@H]1c1csc(NC)n1. The number of carbonyl (C=O) groups is 1. The Morgan fingerprint density at radius 2 is 2.06 bits per heavy atom. The molecule has 2 aromatic heterocycles. The highest BCUT2D eigenvalue weighted by atomic mass is 32.1. The van der Waals surface area contributed by atoms with Crippen LogP contribution in [0.4, 0.5) is 5.13 Å². The smallest absolute Gasteiger partial charge is 0.229 e. The maximum atomic E-state index is 13.3. The summed E-state index contributed by atoms with van der Waals surface area (Å²) in [5.74, 6) is -0.792. The molecule has 1 aliphatic rings. The predicted octanol–water partition coefficient (Wildman–Crippen LogP) is 3.67. The number of nitrogens with zero attached hydrogens (tertiary/aromatic N) is 4. The molecule has 0 saturated carbocycles. The molecular weight excluding hydrogens is 448 g/mol. The lowest BCUT2D eigenvalue weighted by molar-refractivity contribution is -0.138. The number of carbonyl (C=O) groups excluding carboxylic acids is 1. The van der Waals surface area contributed by atoms with Crippen molar-refractivity contribution in [3.8, 4) is 5.69 Å². The van der Waals surface area contributed by atoms with Crippen LogP contribution in [-0.4, -0.2) is 50.4 Å². The van der Waals surface area contributed by atoms with Gasteiger partial charge < -0.3 is 20.6 Å². The normalized spacial score (nSPS) is 17.9. The molecule has 4 atom stereocenters. The van der Waals surface area contributed by atoms with Crippen molar-refractivity contribution in [3.63, 3.8) is 0 Å². The summed E-state index contributed by atoms with van der Waals surface area (Å²) in [5.41, 5.74) is 3.24. The fourth-order valence-corrected chi connectivity index (χ4v) is 4.73. The average Bonchev–Trinajstić information content (AvgIpc) is 3.63. The molecule has 0 bridgehead atoms. The van der Waals surface area contributed by atoms with Crippen molar-refractivity contribution in [2.24, 2.45) is 5.92 Å². The second-order valence-corrected chi connectivity index (χ2v) is 9.22. The standard InChI is InChI=1S/C25H30N6O2S/c1-16(24(33)30-13-5-7-22(30)21-15-34-25(26-4)29-21)23(32)18(3)28-17(2)19-8-10-20(11-9-19)31-14-6-12-27-31/h5-12,14-17,22-23,28,32H,3,13H2,1-2,4H3,(H,26,29)/t16-,17-,22-,23-/m1/s1. The molecule has 1 aliphatic heterocycles. The van der Waals surface area contributed by atoms with Crippen LogP contribution < -0.4 is 10.6 Å². The summed E-state index contributed by atoms with van der Waals surface area (Å²) in [6.07, 6.45) is 6.54. The number of rotatable bonds is 9. The van der Waals surface area contributed by atoms with Crippen LogP contribution in [0, 0.1) is 5.92 Å². The van der Waals surface area contributed by atoms with Crippen LogP contribution >= 0.6 is 11.3 Å². The van der Waals surface area contributed by atoms with Gasteiger partial charge in [0.15, 0.2) is 5.13 Å². The molecule has 34 heavy (non-hydrogen) atoms. The first-order valence-electron chi connectivity index (χ1n) is 11.2. The highest BCUT2D eigenvalue weighted by molar-refractivity contribution is 7.13. The van der Waals surface area contributed by atoms with Crippen molar-refractivity contribution in [2.45, 2.75) is 32.0 Å². The third kappa shape index (κ3) is 4.90. The van der Waals surface area contributed by atoms with E-state index in [2.05, 4.69) is 27.3 Å². The maximum absolute atomic E-state index is 13.3. The van der Waals surface area contributed by atoms with Crippen molar-refractivity contribution >= 4 is 22.4 Å². The van der Waals surface area contributed by atoms with Crippen LogP contribution in [-0.2, 0) is 4.79 Å². The van der Waals surface area contributed by atoms with Crippen LogP contribution in [0.5, 0.6) is 0 Å². The first kappa shape index (κ1) is 23.7. The van der Waals surface area contributed by atoms with Crippen molar-refractivity contribution < 1.29 is 9.90 Å². The fraction of sp³-hybridized carbons (Fsp3) is 0.320. The van der Waals surface area contributed by atoms with Crippen molar-refractivity contribution in [1.82, 2.24) is 25.0 Å². The number of amides is 1. The van der Waals surface area contributed by atoms with E-state index in [1.165, 1.54) is 11.3 Å². The molecule has 4 rings (SSSR count). The van der Waals surface area contributed by atoms with Gasteiger partial charge in [-0.15, -0.1) is 11.3 Å². The molecule has 0 unspecified atom stereocenters. The van der Waals surface area contributed by atoms with E-state index in [0.717, 1.165) is 22.1 Å². The number of hydrogen-bond donors (Lipinski definition) is 3. The second kappa shape index (κ2) is 10.2. The molecule has 0 fully saturated rings. The third-order valence-corrected chi connectivity index (χ3v) is 6.94. The van der Waals surface area contributed by atoms with Crippen LogP contribution in [0.3, 0.4) is 0 Å². The first-order chi connectivity index (χ1) is 16.4. The van der Waals surface area contributed by atoms with Crippen molar-refractivity contribution in [2.75, 3.05) is 18.9 Å². The largest absolute Gasteiger partial charge is 0.386 e. The van der Waals surface area contributed by atoms with E-state index >= 15 is 0 Å². The van der Waals surface area contributed by atoms with Gasteiger partial charge in [-0.1, -0.05) is 37.8 Å². The lowest BCUT2D eigenvalue weighted by Crippen LogP contribution is -2.42. The Morgan fingerprint density at radius 3 is 2.71 bits per heavy atom. The molecule has 9 heteroatoms. The highest BCUT2D eigenvalue weighted by Crippen LogP contribution is 2.31.